The van der Waals surface area contributed by atoms with Gasteiger partial charge >= 0.3 is 37.0 Å². The molecule has 9 N–H and O–H groups in total. The van der Waals surface area contributed by atoms with Gasteiger partial charge in [-0.25, -0.2) is 23.1 Å². The van der Waals surface area contributed by atoms with Gasteiger partial charge in [-0.2, -0.15) is 8.62 Å². The summed E-state index contributed by atoms with van der Waals surface area (Å²) in [5.74, 6) is 0. The Morgan fingerprint density at radius 2 is 1.50 bits per heavy atom. The molecule has 2 heterocycles. The highest BCUT2D eigenvalue weighted by molar-refractivity contribution is 7.66. The number of aromatic nitrogens is 2. The third-order valence-corrected chi connectivity index (χ3v) is 7.32. The molecule has 1 aliphatic heterocycles. The number of aryl methyl sites for hydroxylation is 1. The zero-order valence-corrected chi connectivity index (χ0v) is 20.2. The largest absolute Gasteiger partial charge is 0.490 e. The van der Waals surface area contributed by atoms with E-state index in [1.54, 1.807) is 0 Å². The molecule has 0 unspecified atom stereocenters. The third-order valence-electron chi connectivity index (χ3n) is 3.49. The second-order valence-corrected chi connectivity index (χ2v) is 11.8. The van der Waals surface area contributed by atoms with Crippen molar-refractivity contribution in [3.05, 3.63) is 32.6 Å². The molecule has 1 aromatic heterocycles. The maximum absolute atomic E-state index is 11.7. The van der Waals surface area contributed by atoms with Crippen LogP contribution in [0.3, 0.4) is 0 Å². The molecule has 0 spiro atoms. The lowest BCUT2D eigenvalue weighted by molar-refractivity contribution is -0.0451. The molecule has 1 saturated heterocycles. The molecule has 0 aliphatic carbocycles. The minimum absolute atomic E-state index is 0.0283. The smallest absolute Gasteiger partial charge is 0.390 e. The summed E-state index contributed by atoms with van der Waals surface area (Å²) < 4.78 is 57.7. The number of H-pyrrole nitrogens is 1. The van der Waals surface area contributed by atoms with Crippen molar-refractivity contribution in [2.45, 2.75) is 31.8 Å². The number of phosphoric acid groups is 4. The predicted molar refractivity (Wildman–Crippen MR) is 105 cm³/mol. The quantitative estimate of drug-likeness (QED) is 0.149. The van der Waals surface area contributed by atoms with Crippen molar-refractivity contribution in [3.8, 4) is 0 Å². The molecule has 1 fully saturated rings. The maximum Gasteiger partial charge on any atom is 0.490 e. The van der Waals surface area contributed by atoms with E-state index in [0.717, 1.165) is 4.57 Å². The molecule has 34 heavy (non-hydrogen) atoms. The van der Waals surface area contributed by atoms with Crippen LogP contribution in [0.1, 0.15) is 18.2 Å². The van der Waals surface area contributed by atoms with Crippen molar-refractivity contribution in [2.24, 2.45) is 0 Å². The first-order valence-corrected chi connectivity index (χ1v) is 14.4. The first kappa shape index (κ1) is 31.2. The molecule has 24 heteroatoms. The minimum atomic E-state index is -5.46. The third kappa shape index (κ3) is 11.7. The second-order valence-electron chi connectivity index (χ2n) is 6.31. The number of hydrogen-bond acceptors (Lipinski definition) is 11. The fraction of sp³-hybridized carbons (Fsp3) is 0.600. The van der Waals surface area contributed by atoms with Crippen LogP contribution in [-0.2, 0) is 36.1 Å². The van der Waals surface area contributed by atoms with Crippen LogP contribution in [-0.4, -0.2) is 67.7 Å². The molecule has 3 atom stereocenters. The Morgan fingerprint density at radius 1 is 1.00 bits per heavy atom. The first-order chi connectivity index (χ1) is 15.1. The summed E-state index contributed by atoms with van der Waals surface area (Å²) >= 11 is 0. The number of ether oxygens (including phenoxy) is 1. The normalized spacial score (nSPS) is 21.7. The molecule has 1 aromatic rings. The highest BCUT2D eigenvalue weighted by Gasteiger charge is 2.39. The predicted octanol–water partition coefficient (Wildman–Crippen LogP) is -2.09. The number of nitrogens with zero attached hydrogens (tertiary/aromatic N) is 1. The van der Waals surface area contributed by atoms with Crippen molar-refractivity contribution < 1.29 is 75.5 Å². The maximum atomic E-state index is 11.7. The van der Waals surface area contributed by atoms with Gasteiger partial charge in [-0.1, -0.05) is 0 Å². The number of nitrogens with one attached hydrogen (secondary N) is 1. The fourth-order valence-corrected chi connectivity index (χ4v) is 5.17. The van der Waals surface area contributed by atoms with Gasteiger partial charge in [0.2, 0.25) is 0 Å². The van der Waals surface area contributed by atoms with E-state index in [1.807, 2.05) is 0 Å². The zero-order chi connectivity index (χ0) is 26.7. The summed E-state index contributed by atoms with van der Waals surface area (Å²) in [6.07, 6.45) is -1.57. The molecule has 0 amide bonds. The van der Waals surface area contributed by atoms with Crippen LogP contribution in [0.4, 0.5) is 0 Å². The zero-order valence-electron chi connectivity index (χ0n) is 16.6. The van der Waals surface area contributed by atoms with E-state index < -0.39 is 67.6 Å². The van der Waals surface area contributed by atoms with Crippen molar-refractivity contribution in [1.82, 2.24) is 9.55 Å². The van der Waals surface area contributed by atoms with Gasteiger partial charge in [-0.15, -0.1) is 0 Å². The highest BCUT2D eigenvalue weighted by atomic mass is 31.3. The van der Waals surface area contributed by atoms with E-state index in [1.165, 1.54) is 13.1 Å². The van der Waals surface area contributed by atoms with Gasteiger partial charge in [0.05, 0.1) is 12.7 Å². The molecular weight excluding hydrogens is 560 g/mol. The monoisotopic (exact) mass is 580 g/mol. The van der Waals surface area contributed by atoms with Gasteiger partial charge in [0, 0.05) is 18.2 Å². The van der Waals surface area contributed by atoms with Crippen molar-refractivity contribution >= 4 is 31.3 Å². The second kappa shape index (κ2) is 11.5. The molecular formula is C10H20N2O18P4. The van der Waals surface area contributed by atoms with E-state index in [-0.39, 0.29) is 6.42 Å². The van der Waals surface area contributed by atoms with Gasteiger partial charge in [-0.3, -0.25) is 18.9 Å². The summed E-state index contributed by atoms with van der Waals surface area (Å²) in [7, 11) is -20.8. The Morgan fingerprint density at radius 3 is 1.94 bits per heavy atom. The van der Waals surface area contributed by atoms with E-state index in [9.17, 15) is 33.0 Å². The summed E-state index contributed by atoms with van der Waals surface area (Å²) in [4.78, 5) is 82.5. The van der Waals surface area contributed by atoms with Gasteiger partial charge < -0.3 is 44.1 Å². The number of rotatable bonds is 8. The lowest BCUT2D eigenvalue weighted by atomic mass is 10.2. The van der Waals surface area contributed by atoms with Crippen molar-refractivity contribution in [1.29, 1.82) is 0 Å². The average Bonchev–Trinajstić information content (AvgIpc) is 2.92. The van der Waals surface area contributed by atoms with Gasteiger partial charge in [0.15, 0.2) is 0 Å². The molecule has 198 valence electrons. The van der Waals surface area contributed by atoms with Crippen LogP contribution in [0.15, 0.2) is 15.8 Å². The number of phosphoric ester groups is 1. The molecule has 1 aliphatic rings. The number of hydrogen-bond donors (Lipinski definition) is 9. The minimum Gasteiger partial charge on any atom is -0.390 e. The Kier molecular flexibility index (Phi) is 10.5. The summed E-state index contributed by atoms with van der Waals surface area (Å²) in [5, 5.41) is 9.79. The van der Waals surface area contributed by atoms with Gasteiger partial charge in [0.25, 0.3) is 5.56 Å². The average molecular weight is 580 g/mol. The van der Waals surface area contributed by atoms with E-state index in [4.69, 9.17) is 39.0 Å². The van der Waals surface area contributed by atoms with Crippen molar-refractivity contribution in [2.75, 3.05) is 6.61 Å². The summed E-state index contributed by atoms with van der Waals surface area (Å²) in [6.45, 7) is 0.994. The fourth-order valence-electron chi connectivity index (χ4n) is 2.29. The van der Waals surface area contributed by atoms with Crippen LogP contribution in [0.25, 0.3) is 0 Å². The Balaban J connectivity index is 0.000000385. The van der Waals surface area contributed by atoms with Crippen molar-refractivity contribution in [3.63, 3.8) is 0 Å². The molecule has 0 aromatic carbocycles. The van der Waals surface area contributed by atoms with Crippen LogP contribution in [0.2, 0.25) is 0 Å². The van der Waals surface area contributed by atoms with Crippen LogP contribution in [0, 0.1) is 6.92 Å². The van der Waals surface area contributed by atoms with Gasteiger partial charge in [-0.05, 0) is 6.92 Å². The topological polar surface area (TPSA) is 322 Å². The lowest BCUT2D eigenvalue weighted by Crippen LogP contribution is -2.33. The van der Waals surface area contributed by atoms with E-state index in [2.05, 4.69) is 18.1 Å². The Hall–Kier alpha value is -0.880. The highest BCUT2D eigenvalue weighted by Crippen LogP contribution is 2.64. The molecule has 2 rings (SSSR count). The van der Waals surface area contributed by atoms with Gasteiger partial charge in [0.1, 0.15) is 12.3 Å². The number of aliphatic hydroxyl groups is 1. The molecule has 0 bridgehead atoms. The standard InChI is InChI=1S/C10H15N2O8P.H5O10P3/c1-5-3-12(10(15)11-9(5)14)8-2-6(13)7(20-8)4-19-21(16,17)18;1-11(2,3)9-13(7,8)10-12(4,5)6/h3,6-8,13H,2,4H2,1H3,(H,11,14,15)(H2,16,17,18);(H,7,8)(H2,1,2,3)(H2,4,5,6)/t6-,7+,8+;/m0./s1. The van der Waals surface area contributed by atoms with Crippen LogP contribution in [0.5, 0.6) is 0 Å². The molecule has 0 radical (unpaired) electrons. The number of aliphatic hydroxyl groups excluding tert-OH is 1. The molecule has 0 saturated carbocycles. The SMILES string of the molecule is Cc1cn([C@H]2C[C@H](O)[C@@H](COP(=O)(O)O)O2)c(=O)[nH]c1=O.O=P(O)(O)OP(=O)(O)OP(=O)(O)O. The van der Waals surface area contributed by atoms with E-state index in [0.29, 0.717) is 5.56 Å². The lowest BCUT2D eigenvalue weighted by Gasteiger charge is -2.16. The molecule has 20 nitrogen and oxygen atoms in total. The summed E-state index contributed by atoms with van der Waals surface area (Å²) in [5.41, 5.74) is -0.918. The Labute approximate surface area is 188 Å². The van der Waals surface area contributed by atoms with Crippen LogP contribution >= 0.6 is 31.3 Å². The number of aromatic amines is 1. The van der Waals surface area contributed by atoms with Crippen LogP contribution < -0.4 is 11.2 Å². The van der Waals surface area contributed by atoms with E-state index >= 15 is 0 Å². The summed E-state index contributed by atoms with van der Waals surface area (Å²) in [6, 6.07) is 0. The Bertz CT molecular complexity index is 1130. The first-order valence-electron chi connectivity index (χ1n) is 8.31.